The number of aryl methyl sites for hydroxylation is 1. The third-order valence-electron chi connectivity index (χ3n) is 4.86. The van der Waals surface area contributed by atoms with Gasteiger partial charge in [-0.3, -0.25) is 9.59 Å². The van der Waals surface area contributed by atoms with Gasteiger partial charge in [0.1, 0.15) is 5.82 Å². The van der Waals surface area contributed by atoms with Crippen molar-refractivity contribution in [3.05, 3.63) is 28.8 Å². The van der Waals surface area contributed by atoms with Gasteiger partial charge in [0.05, 0.1) is 21.7 Å². The lowest BCUT2D eigenvalue weighted by Crippen LogP contribution is -2.44. The molecule has 0 N–H and O–H groups in total. The highest BCUT2D eigenvalue weighted by atomic mass is 32.2. The van der Waals surface area contributed by atoms with Gasteiger partial charge in [-0.25, -0.2) is 4.39 Å². The highest BCUT2D eigenvalue weighted by Crippen LogP contribution is 2.21. The van der Waals surface area contributed by atoms with Crippen molar-refractivity contribution in [1.29, 1.82) is 0 Å². The van der Waals surface area contributed by atoms with E-state index >= 15 is 0 Å². The number of rotatable bonds is 5. The van der Waals surface area contributed by atoms with Gasteiger partial charge in [-0.15, -0.1) is 11.8 Å². The molecule has 146 valence electrons. The van der Waals surface area contributed by atoms with E-state index in [2.05, 4.69) is 11.9 Å². The number of piperidine rings is 1. The molecule has 0 aliphatic carbocycles. The van der Waals surface area contributed by atoms with Crippen molar-refractivity contribution in [2.24, 2.45) is 12.0 Å². The number of hydrogen-bond acceptors (Lipinski definition) is 4. The third-order valence-corrected chi connectivity index (χ3v) is 6.86. The summed E-state index contributed by atoms with van der Waals surface area (Å²) in [5, 5.41) is 0. The van der Waals surface area contributed by atoms with E-state index in [1.807, 2.05) is 4.90 Å². The third kappa shape index (κ3) is 4.79. The van der Waals surface area contributed by atoms with E-state index in [0.29, 0.717) is 16.6 Å². The van der Waals surface area contributed by atoms with Crippen LogP contribution in [0.3, 0.4) is 0 Å². The molecule has 1 atom stereocenters. The number of carbonyl (C=O) groups is 2. The van der Waals surface area contributed by atoms with E-state index in [9.17, 15) is 14.0 Å². The molecule has 1 aliphatic heterocycles. The summed E-state index contributed by atoms with van der Waals surface area (Å²) in [5.74, 6) is 0.00303. The standard InChI is InChI=1S/C19H24FN3O2S2/c1-3-14-6-4-5-9-23(14)18(25)12-26-11-17(24)21-19-22(2)15-8-7-13(20)10-16(15)27-19/h7-8,10,14H,3-6,9,11-12H2,1-2H3. The number of halogens is 1. The molecule has 1 aliphatic rings. The maximum absolute atomic E-state index is 13.3. The molecule has 0 saturated carbocycles. The van der Waals surface area contributed by atoms with Crippen molar-refractivity contribution < 1.29 is 14.0 Å². The summed E-state index contributed by atoms with van der Waals surface area (Å²) >= 11 is 2.59. The Hall–Kier alpha value is -1.67. The zero-order chi connectivity index (χ0) is 19.4. The number of fused-ring (bicyclic) bond motifs is 1. The van der Waals surface area contributed by atoms with Crippen molar-refractivity contribution in [1.82, 2.24) is 9.47 Å². The molecule has 1 fully saturated rings. The Morgan fingerprint density at radius 1 is 1.33 bits per heavy atom. The number of hydrogen-bond donors (Lipinski definition) is 0. The van der Waals surface area contributed by atoms with Crippen LogP contribution in [0.2, 0.25) is 0 Å². The monoisotopic (exact) mass is 409 g/mol. The first kappa shape index (κ1) is 20.1. The predicted octanol–water partition coefficient (Wildman–Crippen LogP) is 3.33. The lowest BCUT2D eigenvalue weighted by Gasteiger charge is -2.35. The van der Waals surface area contributed by atoms with Crippen molar-refractivity contribution >= 4 is 45.1 Å². The lowest BCUT2D eigenvalue weighted by atomic mass is 10.0. The highest BCUT2D eigenvalue weighted by molar-refractivity contribution is 8.00. The Labute approximate surface area is 166 Å². The van der Waals surface area contributed by atoms with Gasteiger partial charge < -0.3 is 9.47 Å². The molecule has 2 amide bonds. The summed E-state index contributed by atoms with van der Waals surface area (Å²) in [6.45, 7) is 2.94. The summed E-state index contributed by atoms with van der Waals surface area (Å²) in [4.78, 5) is 31.3. The van der Waals surface area contributed by atoms with E-state index in [-0.39, 0.29) is 23.4 Å². The van der Waals surface area contributed by atoms with E-state index in [0.717, 1.165) is 36.0 Å². The van der Waals surface area contributed by atoms with Gasteiger partial charge in [0.15, 0.2) is 4.80 Å². The fourth-order valence-corrected chi connectivity index (χ4v) is 5.16. The van der Waals surface area contributed by atoms with Gasteiger partial charge in [-0.2, -0.15) is 4.99 Å². The zero-order valence-electron chi connectivity index (χ0n) is 15.6. The number of benzene rings is 1. The van der Waals surface area contributed by atoms with E-state index in [4.69, 9.17) is 0 Å². The van der Waals surface area contributed by atoms with Crippen LogP contribution in [-0.2, 0) is 16.6 Å². The van der Waals surface area contributed by atoms with Crippen molar-refractivity contribution in [3.8, 4) is 0 Å². The Bertz CT molecular complexity index is 906. The van der Waals surface area contributed by atoms with E-state index in [1.54, 1.807) is 17.7 Å². The fraction of sp³-hybridized carbons (Fsp3) is 0.526. The molecular weight excluding hydrogens is 385 g/mol. The minimum Gasteiger partial charge on any atom is -0.339 e. The second-order valence-corrected chi connectivity index (χ2v) is 8.69. The van der Waals surface area contributed by atoms with E-state index < -0.39 is 0 Å². The first-order valence-electron chi connectivity index (χ1n) is 9.19. The summed E-state index contributed by atoms with van der Waals surface area (Å²) in [6.07, 6.45) is 4.30. The topological polar surface area (TPSA) is 54.7 Å². The van der Waals surface area contributed by atoms with Crippen LogP contribution in [0.4, 0.5) is 4.39 Å². The van der Waals surface area contributed by atoms with Crippen molar-refractivity contribution in [2.45, 2.75) is 38.6 Å². The fourth-order valence-electron chi connectivity index (χ4n) is 3.42. The van der Waals surface area contributed by atoms with Crippen LogP contribution in [0.15, 0.2) is 23.2 Å². The molecular formula is C19H24FN3O2S2. The molecule has 0 bridgehead atoms. The number of aromatic nitrogens is 1. The molecule has 3 rings (SSSR count). The first-order chi connectivity index (χ1) is 13.0. The van der Waals surface area contributed by atoms with Crippen LogP contribution in [0, 0.1) is 5.82 Å². The number of likely N-dealkylation sites (tertiary alicyclic amines) is 1. The van der Waals surface area contributed by atoms with E-state index in [1.165, 1.54) is 41.7 Å². The summed E-state index contributed by atoms with van der Waals surface area (Å²) < 4.78 is 15.9. The molecule has 1 aromatic heterocycles. The minimum absolute atomic E-state index is 0.113. The van der Waals surface area contributed by atoms with Gasteiger partial charge >= 0.3 is 0 Å². The molecule has 1 unspecified atom stereocenters. The van der Waals surface area contributed by atoms with Gasteiger partial charge in [0.25, 0.3) is 5.91 Å². The Morgan fingerprint density at radius 3 is 2.93 bits per heavy atom. The molecule has 27 heavy (non-hydrogen) atoms. The number of nitrogens with zero attached hydrogens (tertiary/aromatic N) is 3. The maximum Gasteiger partial charge on any atom is 0.258 e. The van der Waals surface area contributed by atoms with Crippen LogP contribution >= 0.6 is 23.1 Å². The zero-order valence-corrected chi connectivity index (χ0v) is 17.2. The number of thioether (sulfide) groups is 1. The largest absolute Gasteiger partial charge is 0.339 e. The smallest absolute Gasteiger partial charge is 0.258 e. The number of thiazole rings is 1. The van der Waals surface area contributed by atoms with Crippen LogP contribution in [-0.4, -0.2) is 45.4 Å². The number of carbonyl (C=O) groups excluding carboxylic acids is 2. The molecule has 1 saturated heterocycles. The summed E-state index contributed by atoms with van der Waals surface area (Å²) in [6, 6.07) is 4.86. The molecule has 0 radical (unpaired) electrons. The molecule has 5 nitrogen and oxygen atoms in total. The normalized spacial score (nSPS) is 18.3. The van der Waals surface area contributed by atoms with Crippen molar-refractivity contribution in [2.75, 3.05) is 18.1 Å². The molecule has 1 aromatic carbocycles. The Balaban J connectivity index is 1.59. The quantitative estimate of drug-likeness (QED) is 0.761. The minimum atomic E-state index is -0.306. The summed E-state index contributed by atoms with van der Waals surface area (Å²) in [5.41, 5.74) is 0.839. The molecule has 2 aromatic rings. The second-order valence-electron chi connectivity index (χ2n) is 6.70. The Morgan fingerprint density at radius 2 is 2.15 bits per heavy atom. The SMILES string of the molecule is CCC1CCCCN1C(=O)CSCC(=O)N=c1sc2cc(F)ccc2n1C. The number of amides is 2. The van der Waals surface area contributed by atoms with Gasteiger partial charge in [-0.05, 0) is 43.9 Å². The summed E-state index contributed by atoms with van der Waals surface area (Å²) in [7, 11) is 1.81. The molecule has 8 heteroatoms. The Kier molecular flexibility index (Phi) is 6.70. The second kappa shape index (κ2) is 9.01. The molecule has 0 spiro atoms. The van der Waals surface area contributed by atoms with Crippen LogP contribution in [0.25, 0.3) is 10.2 Å². The maximum atomic E-state index is 13.3. The van der Waals surface area contributed by atoms with Crippen molar-refractivity contribution in [3.63, 3.8) is 0 Å². The van der Waals surface area contributed by atoms with Crippen LogP contribution < -0.4 is 4.80 Å². The van der Waals surface area contributed by atoms with Crippen LogP contribution in [0.1, 0.15) is 32.6 Å². The molecule has 2 heterocycles. The van der Waals surface area contributed by atoms with Gasteiger partial charge in [0, 0.05) is 19.6 Å². The average molecular weight is 410 g/mol. The first-order valence-corrected chi connectivity index (χ1v) is 11.2. The predicted molar refractivity (Wildman–Crippen MR) is 108 cm³/mol. The highest BCUT2D eigenvalue weighted by Gasteiger charge is 2.25. The lowest BCUT2D eigenvalue weighted by molar-refractivity contribution is -0.132. The van der Waals surface area contributed by atoms with Crippen LogP contribution in [0.5, 0.6) is 0 Å². The van der Waals surface area contributed by atoms with Gasteiger partial charge in [0.2, 0.25) is 5.91 Å². The van der Waals surface area contributed by atoms with Gasteiger partial charge in [-0.1, -0.05) is 18.3 Å². The average Bonchev–Trinajstić information content (AvgIpc) is 2.96.